The molecule has 0 spiro atoms. The molecule has 2 atom stereocenters. The highest BCUT2D eigenvalue weighted by molar-refractivity contribution is 7.89. The van der Waals surface area contributed by atoms with E-state index in [0.717, 1.165) is 22.3 Å². The van der Waals surface area contributed by atoms with Crippen LogP contribution in [-0.2, 0) is 20.0 Å². The lowest BCUT2D eigenvalue weighted by Gasteiger charge is -2.42. The van der Waals surface area contributed by atoms with E-state index in [0.29, 0.717) is 0 Å². The maximum Gasteiger partial charge on any atom is 0.243 e. The van der Waals surface area contributed by atoms with Crippen LogP contribution in [0.4, 0.5) is 0 Å². The number of hydrogen-bond donors (Lipinski definition) is 0. The van der Waals surface area contributed by atoms with Crippen molar-refractivity contribution in [3.8, 4) is 0 Å². The Morgan fingerprint density at radius 1 is 0.633 bits per heavy atom. The molecule has 3 rings (SSSR count). The molecule has 1 heterocycles. The molecular formula is C22H30N2O4S2. The van der Waals surface area contributed by atoms with Gasteiger partial charge in [0.1, 0.15) is 0 Å². The molecule has 0 amide bonds. The van der Waals surface area contributed by atoms with Crippen LogP contribution in [0.1, 0.15) is 36.1 Å². The van der Waals surface area contributed by atoms with Crippen molar-refractivity contribution in [2.75, 3.05) is 13.1 Å². The lowest BCUT2D eigenvalue weighted by molar-refractivity contribution is 0.163. The van der Waals surface area contributed by atoms with Gasteiger partial charge in [0.25, 0.3) is 0 Å². The number of benzene rings is 2. The van der Waals surface area contributed by atoms with Crippen LogP contribution < -0.4 is 0 Å². The average Bonchev–Trinajstić information content (AvgIpc) is 2.67. The molecule has 0 saturated carbocycles. The van der Waals surface area contributed by atoms with E-state index in [2.05, 4.69) is 0 Å². The summed E-state index contributed by atoms with van der Waals surface area (Å²) in [5.74, 6) is 0. The highest BCUT2D eigenvalue weighted by atomic mass is 32.2. The summed E-state index contributed by atoms with van der Waals surface area (Å²) in [6.07, 6.45) is 0. The molecular weight excluding hydrogens is 420 g/mol. The van der Waals surface area contributed by atoms with Crippen LogP contribution in [0.25, 0.3) is 0 Å². The van der Waals surface area contributed by atoms with E-state index in [-0.39, 0.29) is 22.9 Å². The number of rotatable bonds is 4. The molecule has 0 aromatic heterocycles. The van der Waals surface area contributed by atoms with E-state index >= 15 is 0 Å². The lowest BCUT2D eigenvalue weighted by Crippen LogP contribution is -2.59. The first-order chi connectivity index (χ1) is 13.9. The van der Waals surface area contributed by atoms with E-state index < -0.39 is 32.1 Å². The van der Waals surface area contributed by atoms with Crippen molar-refractivity contribution in [1.29, 1.82) is 0 Å². The maximum absolute atomic E-state index is 13.3. The molecule has 2 aromatic rings. The summed E-state index contributed by atoms with van der Waals surface area (Å²) in [4.78, 5) is 0.491. The van der Waals surface area contributed by atoms with E-state index in [1.54, 1.807) is 50.2 Å². The molecule has 1 fully saturated rings. The first-order valence-corrected chi connectivity index (χ1v) is 12.9. The Labute approximate surface area is 180 Å². The second-order valence-electron chi connectivity index (χ2n) is 8.34. The minimum Gasteiger partial charge on any atom is -0.207 e. The van der Waals surface area contributed by atoms with E-state index in [1.807, 2.05) is 27.7 Å². The third-order valence-electron chi connectivity index (χ3n) is 6.04. The van der Waals surface area contributed by atoms with Crippen LogP contribution in [0, 0.1) is 27.7 Å². The van der Waals surface area contributed by atoms with Crippen LogP contribution >= 0.6 is 0 Å². The Balaban J connectivity index is 1.91. The minimum atomic E-state index is -3.72. The molecule has 0 bridgehead atoms. The fourth-order valence-corrected chi connectivity index (χ4v) is 7.33. The summed E-state index contributed by atoms with van der Waals surface area (Å²) in [5, 5.41) is 0. The molecule has 0 aliphatic carbocycles. The van der Waals surface area contributed by atoms with Gasteiger partial charge in [0, 0.05) is 25.2 Å². The molecule has 1 aliphatic heterocycles. The number of aryl methyl sites for hydroxylation is 4. The molecule has 0 radical (unpaired) electrons. The van der Waals surface area contributed by atoms with Crippen molar-refractivity contribution >= 4 is 20.0 Å². The van der Waals surface area contributed by atoms with Gasteiger partial charge < -0.3 is 0 Å². The highest BCUT2D eigenvalue weighted by Gasteiger charge is 2.41. The Morgan fingerprint density at radius 3 is 1.27 bits per heavy atom. The standard InChI is InChI=1S/C22H30N2O4S2/c1-15-7-9-21(11-17(15)3)29(25,26)23-13-20(6)24(14-19(23)5)30(27,28)22-10-8-16(2)18(4)12-22/h7-12,19-20H,13-14H2,1-6H3/t19-,20+. The van der Waals surface area contributed by atoms with Crippen molar-refractivity contribution in [1.82, 2.24) is 8.61 Å². The maximum atomic E-state index is 13.3. The van der Waals surface area contributed by atoms with Crippen molar-refractivity contribution < 1.29 is 16.8 Å². The fraction of sp³-hybridized carbons (Fsp3) is 0.455. The van der Waals surface area contributed by atoms with Gasteiger partial charge in [-0.1, -0.05) is 12.1 Å². The first kappa shape index (κ1) is 22.9. The zero-order valence-electron chi connectivity index (χ0n) is 18.4. The largest absolute Gasteiger partial charge is 0.243 e. The summed E-state index contributed by atoms with van der Waals surface area (Å²) >= 11 is 0. The van der Waals surface area contributed by atoms with E-state index in [1.165, 1.54) is 8.61 Å². The molecule has 1 saturated heterocycles. The number of nitrogens with zero attached hydrogens (tertiary/aromatic N) is 2. The van der Waals surface area contributed by atoms with Gasteiger partial charge in [0.05, 0.1) is 9.79 Å². The van der Waals surface area contributed by atoms with Crippen LogP contribution in [-0.4, -0.2) is 50.6 Å². The number of sulfonamides is 2. The number of piperazine rings is 1. The number of hydrogen-bond acceptors (Lipinski definition) is 4. The molecule has 2 aromatic carbocycles. The summed E-state index contributed by atoms with van der Waals surface area (Å²) in [7, 11) is -7.43. The van der Waals surface area contributed by atoms with Gasteiger partial charge in [-0.05, 0) is 88.1 Å². The third kappa shape index (κ3) is 4.06. The Bertz CT molecular complexity index is 1080. The van der Waals surface area contributed by atoms with Gasteiger partial charge in [0.15, 0.2) is 0 Å². The summed E-state index contributed by atoms with van der Waals surface area (Å²) in [6.45, 7) is 11.4. The summed E-state index contributed by atoms with van der Waals surface area (Å²) in [6, 6.07) is 9.25. The van der Waals surface area contributed by atoms with Crippen LogP contribution in [0.3, 0.4) is 0 Å². The second-order valence-corrected chi connectivity index (χ2v) is 12.1. The zero-order valence-corrected chi connectivity index (χ0v) is 20.0. The molecule has 0 unspecified atom stereocenters. The molecule has 30 heavy (non-hydrogen) atoms. The van der Waals surface area contributed by atoms with E-state index in [4.69, 9.17) is 0 Å². The minimum absolute atomic E-state index is 0.112. The summed E-state index contributed by atoms with van der Waals surface area (Å²) < 4.78 is 55.9. The highest BCUT2D eigenvalue weighted by Crippen LogP contribution is 2.29. The van der Waals surface area contributed by atoms with Gasteiger partial charge in [-0.2, -0.15) is 8.61 Å². The smallest absolute Gasteiger partial charge is 0.207 e. The Morgan fingerprint density at radius 2 is 0.967 bits per heavy atom. The van der Waals surface area contributed by atoms with Crippen LogP contribution in [0.5, 0.6) is 0 Å². The Kier molecular flexibility index (Phi) is 6.17. The average molecular weight is 451 g/mol. The van der Waals surface area contributed by atoms with Gasteiger partial charge in [0.2, 0.25) is 20.0 Å². The fourth-order valence-electron chi connectivity index (χ4n) is 3.75. The topological polar surface area (TPSA) is 74.8 Å². The third-order valence-corrected chi connectivity index (χ3v) is 9.99. The second kappa shape index (κ2) is 8.07. The van der Waals surface area contributed by atoms with Gasteiger partial charge in [-0.25, -0.2) is 16.8 Å². The predicted octanol–water partition coefficient (Wildman–Crippen LogP) is 3.39. The van der Waals surface area contributed by atoms with Crippen molar-refractivity contribution in [3.63, 3.8) is 0 Å². The van der Waals surface area contributed by atoms with Gasteiger partial charge >= 0.3 is 0 Å². The van der Waals surface area contributed by atoms with Crippen LogP contribution in [0.15, 0.2) is 46.2 Å². The molecule has 8 heteroatoms. The molecule has 0 N–H and O–H groups in total. The van der Waals surface area contributed by atoms with Crippen molar-refractivity contribution in [2.24, 2.45) is 0 Å². The van der Waals surface area contributed by atoms with Crippen LogP contribution in [0.2, 0.25) is 0 Å². The van der Waals surface area contributed by atoms with Gasteiger partial charge in [-0.3, -0.25) is 0 Å². The first-order valence-electron chi connectivity index (χ1n) is 10.0. The van der Waals surface area contributed by atoms with E-state index in [9.17, 15) is 16.8 Å². The van der Waals surface area contributed by atoms with Crippen molar-refractivity contribution in [2.45, 2.75) is 63.4 Å². The Hall–Kier alpha value is -1.74. The normalized spacial score (nSPS) is 21.7. The van der Waals surface area contributed by atoms with Gasteiger partial charge in [-0.15, -0.1) is 0 Å². The summed E-state index contributed by atoms with van der Waals surface area (Å²) in [5.41, 5.74) is 3.87. The SMILES string of the molecule is Cc1ccc(S(=O)(=O)N2C[C@H](C)N(S(=O)(=O)c3ccc(C)c(C)c3)C[C@H]2C)cc1C. The molecule has 1 aliphatic rings. The quantitative estimate of drug-likeness (QED) is 0.716. The van der Waals surface area contributed by atoms with Crippen molar-refractivity contribution in [3.05, 3.63) is 58.7 Å². The zero-order chi connectivity index (χ0) is 22.4. The molecule has 6 nitrogen and oxygen atoms in total. The predicted molar refractivity (Wildman–Crippen MR) is 119 cm³/mol. The lowest BCUT2D eigenvalue weighted by atomic mass is 10.1. The monoisotopic (exact) mass is 450 g/mol. The molecule has 164 valence electrons.